The van der Waals surface area contributed by atoms with E-state index >= 15 is 0 Å². The van der Waals surface area contributed by atoms with Gasteiger partial charge in [0.25, 0.3) is 5.91 Å². The summed E-state index contributed by atoms with van der Waals surface area (Å²) in [5.41, 5.74) is 1.84. The third-order valence-corrected chi connectivity index (χ3v) is 6.58. The number of ether oxygens (including phenoxy) is 2. The Morgan fingerprint density at radius 3 is 2.33 bits per heavy atom. The van der Waals surface area contributed by atoms with Crippen LogP contribution in [0.25, 0.3) is 0 Å². The van der Waals surface area contributed by atoms with Gasteiger partial charge >= 0.3 is 0 Å². The fourth-order valence-electron chi connectivity index (χ4n) is 4.72. The average molecular weight is 488 g/mol. The Bertz CT molecular complexity index is 1150. The number of carbonyl (C=O) groups is 2. The van der Waals surface area contributed by atoms with Gasteiger partial charge in [0.1, 0.15) is 11.7 Å². The van der Waals surface area contributed by atoms with E-state index in [0.29, 0.717) is 17.1 Å². The van der Waals surface area contributed by atoms with Crippen LogP contribution in [0.2, 0.25) is 0 Å². The molecular weight excluding hydrogens is 454 g/mol. The van der Waals surface area contributed by atoms with Crippen molar-refractivity contribution < 1.29 is 19.1 Å². The zero-order valence-corrected chi connectivity index (χ0v) is 20.9. The molecule has 1 saturated carbocycles. The second-order valence-electron chi connectivity index (χ2n) is 8.99. The topological polar surface area (TPSA) is 80.8 Å². The van der Waals surface area contributed by atoms with E-state index in [-0.39, 0.29) is 30.1 Å². The van der Waals surface area contributed by atoms with Crippen LogP contribution in [0.3, 0.4) is 0 Å². The van der Waals surface area contributed by atoms with Crippen molar-refractivity contribution in [2.24, 2.45) is 0 Å². The lowest BCUT2D eigenvalue weighted by molar-refractivity contribution is -0.127. The van der Waals surface area contributed by atoms with Crippen LogP contribution in [-0.4, -0.2) is 42.0 Å². The SMILES string of the molecule is COc1ccc([C@H](C(=O)NC2CCCCC2)N(Cc2ccccc2)C(=O)c2ccccn2)cc1OC. The van der Waals surface area contributed by atoms with E-state index < -0.39 is 6.04 Å². The molecule has 3 aromatic rings. The van der Waals surface area contributed by atoms with Gasteiger partial charge in [0.05, 0.1) is 14.2 Å². The van der Waals surface area contributed by atoms with Crippen LogP contribution in [0.15, 0.2) is 72.9 Å². The number of carbonyl (C=O) groups excluding carboxylic acids is 2. The van der Waals surface area contributed by atoms with Crippen LogP contribution in [0.1, 0.15) is 59.8 Å². The summed E-state index contributed by atoms with van der Waals surface area (Å²) in [6.07, 6.45) is 6.83. The second kappa shape index (κ2) is 12.2. The van der Waals surface area contributed by atoms with E-state index in [1.54, 1.807) is 55.6 Å². The van der Waals surface area contributed by atoms with Crippen molar-refractivity contribution in [1.82, 2.24) is 15.2 Å². The minimum Gasteiger partial charge on any atom is -0.493 e. The number of benzene rings is 2. The van der Waals surface area contributed by atoms with Gasteiger partial charge in [-0.15, -0.1) is 0 Å². The molecule has 1 atom stereocenters. The zero-order chi connectivity index (χ0) is 25.3. The standard InChI is InChI=1S/C29H33N3O4/c1-35-25-17-16-22(19-26(25)36-2)27(28(33)31-23-13-7-4-8-14-23)32(20-21-11-5-3-6-12-21)29(34)24-15-9-10-18-30-24/h3,5-6,9-12,15-19,23,27H,4,7-8,13-14,20H2,1-2H3,(H,31,33)/t27-/m1/s1. The molecule has 1 aliphatic carbocycles. The first kappa shape index (κ1) is 25.2. The number of nitrogens with one attached hydrogen (secondary N) is 1. The fraction of sp³-hybridized carbons (Fsp3) is 0.345. The van der Waals surface area contributed by atoms with Gasteiger partial charge in [-0.25, -0.2) is 0 Å². The third kappa shape index (κ3) is 6.03. The lowest BCUT2D eigenvalue weighted by Gasteiger charge is -2.33. The molecule has 1 N–H and O–H groups in total. The molecule has 36 heavy (non-hydrogen) atoms. The van der Waals surface area contributed by atoms with Gasteiger partial charge in [-0.3, -0.25) is 14.6 Å². The highest BCUT2D eigenvalue weighted by atomic mass is 16.5. The molecule has 2 aromatic carbocycles. The van der Waals surface area contributed by atoms with Crippen molar-refractivity contribution in [1.29, 1.82) is 0 Å². The molecule has 0 saturated heterocycles. The Labute approximate surface area is 212 Å². The fourth-order valence-corrected chi connectivity index (χ4v) is 4.72. The normalized spacial score (nSPS) is 14.5. The van der Waals surface area contributed by atoms with Crippen molar-refractivity contribution in [3.8, 4) is 11.5 Å². The molecule has 1 fully saturated rings. The maximum atomic E-state index is 13.9. The van der Waals surface area contributed by atoms with Gasteiger partial charge < -0.3 is 19.7 Å². The summed E-state index contributed by atoms with van der Waals surface area (Å²) < 4.78 is 10.9. The number of nitrogens with zero attached hydrogens (tertiary/aromatic N) is 2. The highest BCUT2D eigenvalue weighted by Gasteiger charge is 2.34. The van der Waals surface area contributed by atoms with Crippen LogP contribution >= 0.6 is 0 Å². The van der Waals surface area contributed by atoms with Gasteiger partial charge in [-0.05, 0) is 48.2 Å². The highest BCUT2D eigenvalue weighted by molar-refractivity contribution is 5.96. The Morgan fingerprint density at radius 2 is 1.67 bits per heavy atom. The summed E-state index contributed by atoms with van der Waals surface area (Å²) in [5.74, 6) is 0.515. The maximum absolute atomic E-state index is 13.9. The van der Waals surface area contributed by atoms with Gasteiger partial charge in [-0.1, -0.05) is 61.7 Å². The second-order valence-corrected chi connectivity index (χ2v) is 8.99. The molecule has 7 heteroatoms. The van der Waals surface area contributed by atoms with Crippen LogP contribution in [0, 0.1) is 0 Å². The van der Waals surface area contributed by atoms with Gasteiger partial charge in [0.15, 0.2) is 11.5 Å². The molecule has 7 nitrogen and oxygen atoms in total. The zero-order valence-electron chi connectivity index (χ0n) is 20.9. The predicted octanol–water partition coefficient (Wildman–Crippen LogP) is 4.93. The van der Waals surface area contributed by atoms with Crippen LogP contribution < -0.4 is 14.8 Å². The van der Waals surface area contributed by atoms with Gasteiger partial charge in [-0.2, -0.15) is 0 Å². The average Bonchev–Trinajstić information content (AvgIpc) is 2.93. The molecule has 4 rings (SSSR count). The largest absolute Gasteiger partial charge is 0.493 e. The number of pyridine rings is 1. The first-order valence-electron chi connectivity index (χ1n) is 12.4. The summed E-state index contributed by atoms with van der Waals surface area (Å²) in [6.45, 7) is 0.243. The van der Waals surface area contributed by atoms with Crippen molar-refractivity contribution in [2.45, 2.75) is 50.7 Å². The van der Waals surface area contributed by atoms with Crippen LogP contribution in [0.4, 0.5) is 0 Å². The van der Waals surface area contributed by atoms with Crippen LogP contribution in [-0.2, 0) is 11.3 Å². The molecular formula is C29H33N3O4. The molecule has 0 bridgehead atoms. The minimum absolute atomic E-state index is 0.0948. The lowest BCUT2D eigenvalue weighted by atomic mass is 9.94. The quantitative estimate of drug-likeness (QED) is 0.463. The van der Waals surface area contributed by atoms with Crippen molar-refractivity contribution in [2.75, 3.05) is 14.2 Å². The summed E-state index contributed by atoms with van der Waals surface area (Å²) in [7, 11) is 3.12. The molecule has 1 aromatic heterocycles. The number of amides is 2. The van der Waals surface area contributed by atoms with E-state index in [1.165, 1.54) is 6.42 Å². The summed E-state index contributed by atoms with van der Waals surface area (Å²) in [6, 6.07) is 19.4. The molecule has 188 valence electrons. The van der Waals surface area contributed by atoms with Crippen LogP contribution in [0.5, 0.6) is 11.5 Å². The predicted molar refractivity (Wildman–Crippen MR) is 138 cm³/mol. The van der Waals surface area contributed by atoms with E-state index in [9.17, 15) is 9.59 Å². The molecule has 2 amide bonds. The Hall–Kier alpha value is -3.87. The Kier molecular flexibility index (Phi) is 8.55. The smallest absolute Gasteiger partial charge is 0.273 e. The maximum Gasteiger partial charge on any atom is 0.273 e. The molecule has 1 aliphatic rings. The first-order chi connectivity index (χ1) is 17.6. The van der Waals surface area contributed by atoms with E-state index in [0.717, 1.165) is 31.2 Å². The van der Waals surface area contributed by atoms with Crippen molar-refractivity contribution >= 4 is 11.8 Å². The number of hydrogen-bond acceptors (Lipinski definition) is 5. The molecule has 0 aliphatic heterocycles. The molecule has 0 spiro atoms. The van der Waals surface area contributed by atoms with Gasteiger partial charge in [0, 0.05) is 18.8 Å². The summed E-state index contributed by atoms with van der Waals surface area (Å²) >= 11 is 0. The monoisotopic (exact) mass is 487 g/mol. The van der Waals surface area contributed by atoms with E-state index in [1.807, 2.05) is 36.4 Å². The first-order valence-corrected chi connectivity index (χ1v) is 12.4. The summed E-state index contributed by atoms with van der Waals surface area (Å²) in [5, 5.41) is 3.23. The van der Waals surface area contributed by atoms with Crippen molar-refractivity contribution in [3.63, 3.8) is 0 Å². The number of aromatic nitrogens is 1. The lowest BCUT2D eigenvalue weighted by Crippen LogP contribution is -2.47. The number of hydrogen-bond donors (Lipinski definition) is 1. The van der Waals surface area contributed by atoms with E-state index in [4.69, 9.17) is 9.47 Å². The molecule has 0 unspecified atom stereocenters. The number of methoxy groups -OCH3 is 2. The molecule has 0 radical (unpaired) electrons. The highest BCUT2D eigenvalue weighted by Crippen LogP contribution is 2.34. The van der Waals surface area contributed by atoms with Gasteiger partial charge in [0.2, 0.25) is 5.91 Å². The van der Waals surface area contributed by atoms with E-state index in [2.05, 4.69) is 10.3 Å². The Balaban J connectivity index is 1.78. The number of rotatable bonds is 9. The summed E-state index contributed by atoms with van der Waals surface area (Å²) in [4.78, 5) is 33.7. The minimum atomic E-state index is -0.888. The molecule has 1 heterocycles. The Morgan fingerprint density at radius 1 is 0.944 bits per heavy atom. The third-order valence-electron chi connectivity index (χ3n) is 6.58. The van der Waals surface area contributed by atoms with Crippen molar-refractivity contribution in [3.05, 3.63) is 89.7 Å².